The van der Waals surface area contributed by atoms with Gasteiger partial charge in [0.2, 0.25) is 11.7 Å². The van der Waals surface area contributed by atoms with Crippen molar-refractivity contribution in [2.75, 3.05) is 4.90 Å². The molecule has 1 aliphatic rings. The largest absolute Gasteiger partial charge is 0.466 e. The van der Waals surface area contributed by atoms with E-state index in [4.69, 9.17) is 18.8 Å². The molecule has 0 fully saturated rings. The fraction of sp³-hybridized carbons (Fsp3) is 0.0400. The zero-order valence-electron chi connectivity index (χ0n) is 20.7. The van der Waals surface area contributed by atoms with Gasteiger partial charge in [-0.15, -0.1) is 32.9 Å². The van der Waals surface area contributed by atoms with Crippen LogP contribution >= 0.6 is 22.7 Å². The second kappa shape index (κ2) is 9.32. The van der Waals surface area contributed by atoms with E-state index in [1.807, 2.05) is 39.9 Å². The monoisotopic (exact) mass is 580 g/mol. The number of hydrogen-bond donors (Lipinski definition) is 3. The lowest BCUT2D eigenvalue weighted by Gasteiger charge is -2.46. The number of allylic oxidation sites excluding steroid dienone is 2. The molecule has 16 heteroatoms. The van der Waals surface area contributed by atoms with Crippen molar-refractivity contribution in [3.05, 3.63) is 113 Å². The molecule has 0 aliphatic carbocycles. The van der Waals surface area contributed by atoms with Crippen molar-refractivity contribution in [3.63, 3.8) is 0 Å². The van der Waals surface area contributed by atoms with E-state index >= 15 is 0 Å². The molecule has 8 heterocycles. The Morgan fingerprint density at radius 1 is 0.878 bits per heavy atom. The molecule has 0 saturated carbocycles. The van der Waals surface area contributed by atoms with Crippen LogP contribution in [0.25, 0.3) is 22.4 Å². The summed E-state index contributed by atoms with van der Waals surface area (Å²) in [7, 11) is 0. The number of furan rings is 1. The number of thiophene rings is 1. The SMILES string of the molecule is c1coc(C2(c3nn[nH]n3)C(c3cn[nH]n3)=C(c3ncc[nH]3)C(c3nccs3)=C(c3ncco3)N2c2cccs2)c1. The van der Waals surface area contributed by atoms with Crippen molar-refractivity contribution in [2.24, 2.45) is 0 Å². The summed E-state index contributed by atoms with van der Waals surface area (Å²) in [6, 6.07) is 7.62. The third-order valence-corrected chi connectivity index (χ3v) is 8.26. The van der Waals surface area contributed by atoms with Crippen LogP contribution < -0.4 is 4.90 Å². The van der Waals surface area contributed by atoms with Gasteiger partial charge in [0.1, 0.15) is 34.2 Å². The van der Waals surface area contributed by atoms with Gasteiger partial charge in [0.05, 0.1) is 29.2 Å². The topological polar surface area (TPSA) is 180 Å². The Bertz CT molecular complexity index is 1890. The smallest absolute Gasteiger partial charge is 0.243 e. The molecule has 14 nitrogen and oxygen atoms in total. The minimum atomic E-state index is -1.41. The van der Waals surface area contributed by atoms with Crippen molar-refractivity contribution >= 4 is 50.1 Å². The highest BCUT2D eigenvalue weighted by atomic mass is 32.1. The van der Waals surface area contributed by atoms with Crippen LogP contribution in [0.4, 0.5) is 5.00 Å². The first-order chi connectivity index (χ1) is 20.4. The van der Waals surface area contributed by atoms with E-state index in [0.29, 0.717) is 50.6 Å². The Balaban J connectivity index is 1.66. The van der Waals surface area contributed by atoms with Crippen LogP contribution in [0.1, 0.15) is 34.0 Å². The maximum atomic E-state index is 6.25. The number of anilines is 1. The maximum Gasteiger partial charge on any atom is 0.243 e. The lowest BCUT2D eigenvalue weighted by Crippen LogP contribution is -2.50. The molecular formula is C25H16N12O2S2. The molecule has 7 aromatic rings. The first-order valence-electron chi connectivity index (χ1n) is 12.1. The molecule has 0 spiro atoms. The van der Waals surface area contributed by atoms with E-state index in [1.165, 1.54) is 28.9 Å². The summed E-state index contributed by atoms with van der Waals surface area (Å²) in [4.78, 5) is 19.4. The number of rotatable bonds is 7. The highest BCUT2D eigenvalue weighted by Gasteiger charge is 2.59. The van der Waals surface area contributed by atoms with Crippen LogP contribution in [-0.4, -0.2) is 56.0 Å². The summed E-state index contributed by atoms with van der Waals surface area (Å²) in [6.45, 7) is 0. The highest BCUT2D eigenvalue weighted by molar-refractivity contribution is 7.14. The number of hydrogen-bond acceptors (Lipinski definition) is 13. The number of H-pyrrole nitrogens is 3. The fourth-order valence-corrected chi connectivity index (χ4v) is 6.69. The Morgan fingerprint density at radius 2 is 1.88 bits per heavy atom. The molecule has 41 heavy (non-hydrogen) atoms. The van der Waals surface area contributed by atoms with Gasteiger partial charge < -0.3 is 18.7 Å². The number of aromatic nitrogens is 11. The third-order valence-electron chi connectivity index (χ3n) is 6.62. The van der Waals surface area contributed by atoms with Gasteiger partial charge in [0, 0.05) is 35.1 Å². The number of aromatic amines is 3. The number of thiazole rings is 1. The Morgan fingerprint density at radius 3 is 2.54 bits per heavy atom. The van der Waals surface area contributed by atoms with Crippen molar-refractivity contribution in [3.8, 4) is 0 Å². The summed E-state index contributed by atoms with van der Waals surface area (Å²) < 4.78 is 12.3. The normalized spacial score (nSPS) is 17.6. The van der Waals surface area contributed by atoms with Gasteiger partial charge in [0.15, 0.2) is 5.54 Å². The van der Waals surface area contributed by atoms with Gasteiger partial charge >= 0.3 is 0 Å². The van der Waals surface area contributed by atoms with E-state index in [9.17, 15) is 0 Å². The summed E-state index contributed by atoms with van der Waals surface area (Å²) in [5, 5.41) is 32.6. The molecule has 0 bridgehead atoms. The minimum Gasteiger partial charge on any atom is -0.466 e. The number of tetrazole rings is 1. The van der Waals surface area contributed by atoms with Gasteiger partial charge in [-0.3, -0.25) is 0 Å². The van der Waals surface area contributed by atoms with Crippen molar-refractivity contribution in [2.45, 2.75) is 5.54 Å². The highest BCUT2D eigenvalue weighted by Crippen LogP contribution is 2.60. The predicted octanol–water partition coefficient (Wildman–Crippen LogP) is 4.08. The quantitative estimate of drug-likeness (QED) is 0.247. The molecule has 1 aliphatic heterocycles. The first kappa shape index (κ1) is 23.4. The summed E-state index contributed by atoms with van der Waals surface area (Å²) in [5.41, 5.74) is 1.65. The molecule has 200 valence electrons. The van der Waals surface area contributed by atoms with Crippen LogP contribution in [0, 0.1) is 0 Å². The van der Waals surface area contributed by atoms with Crippen LogP contribution in [0.5, 0.6) is 0 Å². The number of oxazole rings is 1. The first-order valence-corrected chi connectivity index (χ1v) is 13.9. The lowest BCUT2D eigenvalue weighted by atomic mass is 9.74. The van der Waals surface area contributed by atoms with E-state index in [0.717, 1.165) is 5.00 Å². The van der Waals surface area contributed by atoms with Gasteiger partial charge in [-0.1, -0.05) is 5.21 Å². The number of nitrogens with one attached hydrogen (secondary N) is 3. The van der Waals surface area contributed by atoms with Crippen LogP contribution in [0.15, 0.2) is 87.4 Å². The van der Waals surface area contributed by atoms with Crippen LogP contribution in [-0.2, 0) is 5.54 Å². The maximum absolute atomic E-state index is 6.25. The fourth-order valence-electron chi connectivity index (χ4n) is 5.22. The molecular weight excluding hydrogens is 564 g/mol. The van der Waals surface area contributed by atoms with E-state index in [2.05, 4.69) is 46.0 Å². The second-order valence-corrected chi connectivity index (χ2v) is 10.5. The summed E-state index contributed by atoms with van der Waals surface area (Å²) in [6.07, 6.45) is 11.5. The number of nitrogens with zero attached hydrogens (tertiary/aromatic N) is 9. The van der Waals surface area contributed by atoms with Gasteiger partial charge in [-0.25, -0.2) is 15.0 Å². The molecule has 0 saturated heterocycles. The summed E-state index contributed by atoms with van der Waals surface area (Å²) in [5.74, 6) is 1.65. The molecule has 7 aromatic heterocycles. The van der Waals surface area contributed by atoms with E-state index in [1.54, 1.807) is 37.2 Å². The van der Waals surface area contributed by atoms with E-state index in [-0.39, 0.29) is 5.82 Å². The molecule has 8 rings (SSSR count). The Labute approximate surface area is 237 Å². The predicted molar refractivity (Wildman–Crippen MR) is 148 cm³/mol. The minimum absolute atomic E-state index is 0.283. The number of imidazole rings is 1. The molecule has 0 amide bonds. The molecule has 1 unspecified atom stereocenters. The third kappa shape index (κ3) is 3.41. The van der Waals surface area contributed by atoms with Crippen molar-refractivity contribution in [1.29, 1.82) is 0 Å². The van der Waals surface area contributed by atoms with E-state index < -0.39 is 5.54 Å². The molecule has 0 radical (unpaired) electrons. The zero-order chi connectivity index (χ0) is 27.2. The Hall–Kier alpha value is -5.48. The van der Waals surface area contributed by atoms with Gasteiger partial charge in [-0.05, 0) is 29.6 Å². The second-order valence-electron chi connectivity index (χ2n) is 8.65. The zero-order valence-corrected chi connectivity index (χ0v) is 22.3. The average molecular weight is 581 g/mol. The standard InChI is InChI=1S/C25H16N12O2S2/c1-3-15(38-9-1)25(24-32-35-36-33-24)19(14-13-30-34-31-14)17(21-26-5-6-27-21)18(23-29-8-12-41-23)20(22-28-7-10-39-22)37(25)16-4-2-11-40-16/h1-13H,(H,26,27)(H,30,31,34)(H,32,33,35,36). The van der Waals surface area contributed by atoms with Gasteiger partial charge in [-0.2, -0.15) is 20.6 Å². The van der Waals surface area contributed by atoms with Crippen LogP contribution in [0.3, 0.4) is 0 Å². The lowest BCUT2D eigenvalue weighted by molar-refractivity contribution is 0.432. The molecule has 3 N–H and O–H groups in total. The van der Waals surface area contributed by atoms with Crippen LogP contribution in [0.2, 0.25) is 0 Å². The van der Waals surface area contributed by atoms with Crippen molar-refractivity contribution in [1.82, 2.24) is 56.0 Å². The molecule has 0 aromatic carbocycles. The summed E-state index contributed by atoms with van der Waals surface area (Å²) >= 11 is 2.98. The van der Waals surface area contributed by atoms with Gasteiger partial charge in [0.25, 0.3) is 0 Å². The Kier molecular flexibility index (Phi) is 5.32. The van der Waals surface area contributed by atoms with Crippen molar-refractivity contribution < 1.29 is 8.83 Å². The average Bonchev–Trinajstić information content (AvgIpc) is 3.87. The molecule has 1 atom stereocenters.